The predicted molar refractivity (Wildman–Crippen MR) is 61.1 cm³/mol. The van der Waals surface area contributed by atoms with E-state index in [-0.39, 0.29) is 6.23 Å². The zero-order chi connectivity index (χ0) is 10.8. The van der Waals surface area contributed by atoms with Gasteiger partial charge < -0.3 is 4.89 Å². The van der Waals surface area contributed by atoms with Crippen molar-refractivity contribution in [2.75, 3.05) is 13.1 Å². The quantitative estimate of drug-likeness (QED) is 0.677. The molecule has 16 heavy (non-hydrogen) atoms. The molecule has 1 unspecified atom stereocenters. The zero-order valence-electron chi connectivity index (χ0n) is 9.39. The summed E-state index contributed by atoms with van der Waals surface area (Å²) in [5, 5.41) is 0. The molecule has 3 rings (SSSR count). The van der Waals surface area contributed by atoms with Crippen molar-refractivity contribution in [2.45, 2.75) is 31.9 Å². The van der Waals surface area contributed by atoms with Crippen molar-refractivity contribution >= 4 is 0 Å². The minimum Gasteiger partial charge on any atom is -0.336 e. The predicted octanol–water partition coefficient (Wildman–Crippen LogP) is 2.37. The second kappa shape index (κ2) is 4.44. The molecule has 1 atom stereocenters. The van der Waals surface area contributed by atoms with Gasteiger partial charge in [0.1, 0.15) is 0 Å². The molecule has 1 aromatic carbocycles. The lowest BCUT2D eigenvalue weighted by atomic mass is 10.1. The van der Waals surface area contributed by atoms with Gasteiger partial charge in [-0.25, -0.2) is 0 Å². The molecule has 0 radical (unpaired) electrons. The first-order valence-electron chi connectivity index (χ1n) is 6.09. The minimum absolute atomic E-state index is 0.107. The molecular formula is C13H17NO2. The Morgan fingerprint density at radius 2 is 1.88 bits per heavy atom. The van der Waals surface area contributed by atoms with Gasteiger partial charge in [-0.05, 0) is 18.9 Å². The number of nitrogens with zero attached hydrogens (tertiary/aromatic N) is 1. The van der Waals surface area contributed by atoms with Crippen LogP contribution in [0.5, 0.6) is 5.75 Å². The maximum Gasteiger partial charge on any atom is 0.168 e. The van der Waals surface area contributed by atoms with Gasteiger partial charge in [0, 0.05) is 25.1 Å². The molecule has 0 spiro atoms. The molecule has 1 saturated heterocycles. The lowest BCUT2D eigenvalue weighted by molar-refractivity contribution is -0.293. The topological polar surface area (TPSA) is 21.7 Å². The Morgan fingerprint density at radius 1 is 1.06 bits per heavy atom. The van der Waals surface area contributed by atoms with Crippen molar-refractivity contribution in [2.24, 2.45) is 0 Å². The van der Waals surface area contributed by atoms with Gasteiger partial charge in [-0.15, -0.1) is 0 Å². The Labute approximate surface area is 95.9 Å². The molecular weight excluding hydrogens is 202 g/mol. The smallest absolute Gasteiger partial charge is 0.168 e. The highest BCUT2D eigenvalue weighted by Gasteiger charge is 2.27. The van der Waals surface area contributed by atoms with E-state index in [1.54, 1.807) is 0 Å². The SMILES string of the molecule is c1ccc2c(c1)CC(N1CCCCC1)OO2. The zero-order valence-corrected chi connectivity index (χ0v) is 9.39. The standard InChI is InChI=1S/C13H17NO2/c1-4-8-14(9-5-1)13-10-11-6-2-3-7-12(11)15-16-13/h2-3,6-7,13H,1,4-5,8-10H2. The van der Waals surface area contributed by atoms with E-state index in [2.05, 4.69) is 17.0 Å². The first-order valence-corrected chi connectivity index (χ1v) is 6.09. The van der Waals surface area contributed by atoms with Crippen molar-refractivity contribution < 1.29 is 9.78 Å². The third-order valence-corrected chi connectivity index (χ3v) is 3.41. The number of hydrogen-bond acceptors (Lipinski definition) is 3. The van der Waals surface area contributed by atoms with Crippen LogP contribution in [0.15, 0.2) is 24.3 Å². The van der Waals surface area contributed by atoms with Crippen LogP contribution in [-0.4, -0.2) is 24.2 Å². The third kappa shape index (κ3) is 1.93. The number of piperidine rings is 1. The molecule has 1 aromatic rings. The number of likely N-dealkylation sites (tertiary alicyclic amines) is 1. The first-order chi connectivity index (χ1) is 7.93. The average molecular weight is 219 g/mol. The largest absolute Gasteiger partial charge is 0.336 e. The molecule has 0 bridgehead atoms. The molecule has 0 N–H and O–H groups in total. The summed E-state index contributed by atoms with van der Waals surface area (Å²) >= 11 is 0. The number of hydrogen-bond donors (Lipinski definition) is 0. The van der Waals surface area contributed by atoms with Crippen molar-refractivity contribution in [1.82, 2.24) is 4.90 Å². The lowest BCUT2D eigenvalue weighted by Crippen LogP contribution is -2.44. The summed E-state index contributed by atoms with van der Waals surface area (Å²) in [5.41, 5.74) is 1.25. The highest BCUT2D eigenvalue weighted by molar-refractivity contribution is 5.34. The Bertz CT molecular complexity index is 361. The number of benzene rings is 1. The Kier molecular flexibility index (Phi) is 2.80. The van der Waals surface area contributed by atoms with E-state index in [0.717, 1.165) is 25.3 Å². The summed E-state index contributed by atoms with van der Waals surface area (Å²) in [7, 11) is 0. The summed E-state index contributed by atoms with van der Waals surface area (Å²) in [5.74, 6) is 0.871. The van der Waals surface area contributed by atoms with E-state index in [1.807, 2.05) is 12.1 Å². The van der Waals surface area contributed by atoms with E-state index >= 15 is 0 Å². The normalized spacial score (nSPS) is 25.9. The maximum absolute atomic E-state index is 5.47. The lowest BCUT2D eigenvalue weighted by Gasteiger charge is -2.35. The van der Waals surface area contributed by atoms with Gasteiger partial charge in [-0.3, -0.25) is 4.90 Å². The summed E-state index contributed by atoms with van der Waals surface area (Å²) in [4.78, 5) is 13.2. The van der Waals surface area contributed by atoms with E-state index < -0.39 is 0 Å². The van der Waals surface area contributed by atoms with Gasteiger partial charge in [0.15, 0.2) is 12.0 Å². The van der Waals surface area contributed by atoms with Crippen LogP contribution in [0.3, 0.4) is 0 Å². The minimum atomic E-state index is 0.107. The van der Waals surface area contributed by atoms with Crippen molar-refractivity contribution in [3.63, 3.8) is 0 Å². The average Bonchev–Trinajstić information content (AvgIpc) is 2.39. The van der Waals surface area contributed by atoms with Crippen LogP contribution in [-0.2, 0) is 11.3 Å². The van der Waals surface area contributed by atoms with E-state index in [1.165, 1.54) is 24.8 Å². The maximum atomic E-state index is 5.47. The van der Waals surface area contributed by atoms with Gasteiger partial charge in [0.2, 0.25) is 0 Å². The summed E-state index contributed by atoms with van der Waals surface area (Å²) < 4.78 is 0. The summed E-state index contributed by atoms with van der Waals surface area (Å²) in [6, 6.07) is 8.11. The van der Waals surface area contributed by atoms with Crippen LogP contribution in [0.4, 0.5) is 0 Å². The molecule has 86 valence electrons. The molecule has 3 nitrogen and oxygen atoms in total. The number of rotatable bonds is 1. The highest BCUT2D eigenvalue weighted by atomic mass is 17.2. The number of fused-ring (bicyclic) bond motifs is 1. The molecule has 2 aliphatic rings. The van der Waals surface area contributed by atoms with Crippen LogP contribution in [0, 0.1) is 0 Å². The van der Waals surface area contributed by atoms with Crippen LogP contribution in [0.1, 0.15) is 24.8 Å². The van der Waals surface area contributed by atoms with Crippen molar-refractivity contribution in [3.8, 4) is 5.75 Å². The fourth-order valence-corrected chi connectivity index (χ4v) is 2.48. The van der Waals surface area contributed by atoms with Crippen LogP contribution in [0.2, 0.25) is 0 Å². The Morgan fingerprint density at radius 3 is 2.75 bits per heavy atom. The first kappa shape index (κ1) is 10.1. The van der Waals surface area contributed by atoms with Gasteiger partial charge in [0.05, 0.1) is 0 Å². The highest BCUT2D eigenvalue weighted by Crippen LogP contribution is 2.28. The van der Waals surface area contributed by atoms with Crippen molar-refractivity contribution in [1.29, 1.82) is 0 Å². The molecule has 1 fully saturated rings. The van der Waals surface area contributed by atoms with E-state index in [9.17, 15) is 0 Å². The van der Waals surface area contributed by atoms with E-state index in [0.29, 0.717) is 0 Å². The van der Waals surface area contributed by atoms with Crippen LogP contribution < -0.4 is 4.89 Å². The molecule has 0 aromatic heterocycles. The third-order valence-electron chi connectivity index (χ3n) is 3.41. The second-order valence-electron chi connectivity index (χ2n) is 4.54. The summed E-state index contributed by atoms with van der Waals surface area (Å²) in [6.07, 6.45) is 4.95. The van der Waals surface area contributed by atoms with Gasteiger partial charge in [-0.2, -0.15) is 4.89 Å². The van der Waals surface area contributed by atoms with Gasteiger partial charge in [0.25, 0.3) is 0 Å². The van der Waals surface area contributed by atoms with Crippen LogP contribution >= 0.6 is 0 Å². The summed E-state index contributed by atoms with van der Waals surface area (Å²) in [6.45, 7) is 2.27. The molecule has 2 heterocycles. The Balaban J connectivity index is 1.72. The molecule has 3 heteroatoms. The second-order valence-corrected chi connectivity index (χ2v) is 4.54. The number of para-hydroxylation sites is 1. The van der Waals surface area contributed by atoms with Crippen molar-refractivity contribution in [3.05, 3.63) is 29.8 Å². The van der Waals surface area contributed by atoms with Crippen LogP contribution in [0.25, 0.3) is 0 Å². The molecule has 2 aliphatic heterocycles. The fourth-order valence-electron chi connectivity index (χ4n) is 2.48. The molecule has 0 saturated carbocycles. The fraction of sp³-hybridized carbons (Fsp3) is 0.538. The monoisotopic (exact) mass is 219 g/mol. The Hall–Kier alpha value is -1.06. The van der Waals surface area contributed by atoms with E-state index in [4.69, 9.17) is 9.78 Å². The van der Waals surface area contributed by atoms with Gasteiger partial charge in [-0.1, -0.05) is 24.6 Å². The molecule has 0 amide bonds. The molecule has 0 aliphatic carbocycles. The van der Waals surface area contributed by atoms with Gasteiger partial charge >= 0.3 is 0 Å².